The molecule has 0 spiro atoms. The van der Waals surface area contributed by atoms with Crippen molar-refractivity contribution in [3.63, 3.8) is 0 Å². The van der Waals surface area contributed by atoms with E-state index in [-0.39, 0.29) is 0 Å². The second-order valence-electron chi connectivity index (χ2n) is 4.57. The number of aromatic nitrogens is 2. The molecule has 0 amide bonds. The van der Waals surface area contributed by atoms with Gasteiger partial charge in [0.1, 0.15) is 5.03 Å². The molecule has 1 aromatic carbocycles. The number of hydrogen-bond acceptors (Lipinski definition) is 4. The smallest absolute Gasteiger partial charge is 0.223 e. The topological polar surface area (TPSA) is 37.8 Å². The number of nitrogens with zero attached hydrogens (tertiary/aromatic N) is 2. The molecule has 0 saturated carbocycles. The van der Waals surface area contributed by atoms with Gasteiger partial charge in [-0.15, -0.1) is 0 Å². The lowest BCUT2D eigenvalue weighted by Gasteiger charge is -2.08. The Labute approximate surface area is 118 Å². The van der Waals surface area contributed by atoms with E-state index in [0.717, 1.165) is 17.3 Å². The summed E-state index contributed by atoms with van der Waals surface area (Å²) in [6.45, 7) is 9.11. The summed E-state index contributed by atoms with van der Waals surface area (Å²) in [4.78, 5) is 10.2. The molecule has 0 unspecified atom stereocenters. The van der Waals surface area contributed by atoms with E-state index in [9.17, 15) is 0 Å². The number of benzene rings is 1. The normalized spacial score (nSPS) is 10.5. The van der Waals surface area contributed by atoms with Crippen LogP contribution in [0.5, 0.6) is 0 Å². The first-order chi connectivity index (χ1) is 9.08. The molecule has 0 saturated heterocycles. The molecular formula is C15H19N3S. The van der Waals surface area contributed by atoms with Crippen LogP contribution in [-0.2, 0) is 0 Å². The predicted molar refractivity (Wildman–Crippen MR) is 81.0 cm³/mol. The van der Waals surface area contributed by atoms with E-state index in [2.05, 4.69) is 47.3 Å². The summed E-state index contributed by atoms with van der Waals surface area (Å²) < 4.78 is 0. The SMILES string of the molecule is CCNc1nc(C)cc(Sc2cc(C)ccc2C)n1. The minimum absolute atomic E-state index is 0.704. The maximum atomic E-state index is 4.53. The van der Waals surface area contributed by atoms with Gasteiger partial charge in [0, 0.05) is 17.1 Å². The summed E-state index contributed by atoms with van der Waals surface area (Å²) in [5.41, 5.74) is 3.53. The summed E-state index contributed by atoms with van der Waals surface area (Å²) in [7, 11) is 0. The molecule has 0 fully saturated rings. The zero-order valence-electron chi connectivity index (χ0n) is 11.8. The van der Waals surface area contributed by atoms with Crippen LogP contribution in [0.25, 0.3) is 0 Å². The van der Waals surface area contributed by atoms with E-state index in [0.29, 0.717) is 5.95 Å². The van der Waals surface area contributed by atoms with Crippen LogP contribution in [-0.4, -0.2) is 16.5 Å². The molecule has 0 aliphatic carbocycles. The van der Waals surface area contributed by atoms with Gasteiger partial charge in [-0.1, -0.05) is 23.9 Å². The van der Waals surface area contributed by atoms with E-state index < -0.39 is 0 Å². The Hall–Kier alpha value is -1.55. The molecule has 1 N–H and O–H groups in total. The standard InChI is InChI=1S/C15H19N3S/c1-5-16-15-17-12(4)9-14(18-15)19-13-8-10(2)6-7-11(13)3/h6-9H,5H2,1-4H3,(H,16,17,18). The van der Waals surface area contributed by atoms with Gasteiger partial charge < -0.3 is 5.32 Å². The lowest BCUT2D eigenvalue weighted by Crippen LogP contribution is -2.03. The van der Waals surface area contributed by atoms with Crippen molar-refractivity contribution >= 4 is 17.7 Å². The Morgan fingerprint density at radius 3 is 2.63 bits per heavy atom. The van der Waals surface area contributed by atoms with Crippen molar-refractivity contribution in [2.45, 2.75) is 37.6 Å². The van der Waals surface area contributed by atoms with Gasteiger partial charge in [-0.05, 0) is 51.0 Å². The minimum Gasteiger partial charge on any atom is -0.354 e. The Bertz CT molecular complexity index is 582. The lowest BCUT2D eigenvalue weighted by molar-refractivity contribution is 0.984. The summed E-state index contributed by atoms with van der Waals surface area (Å²) in [5, 5.41) is 4.15. The third-order valence-corrected chi connectivity index (χ3v) is 3.80. The van der Waals surface area contributed by atoms with Crippen LogP contribution in [0, 0.1) is 20.8 Å². The highest BCUT2D eigenvalue weighted by Gasteiger charge is 2.06. The molecule has 1 aromatic heterocycles. The Balaban J connectivity index is 2.29. The molecule has 4 heteroatoms. The molecule has 19 heavy (non-hydrogen) atoms. The first-order valence-corrected chi connectivity index (χ1v) is 7.25. The fourth-order valence-electron chi connectivity index (χ4n) is 1.76. The molecule has 0 aliphatic rings. The van der Waals surface area contributed by atoms with Crippen molar-refractivity contribution in [2.75, 3.05) is 11.9 Å². The second-order valence-corrected chi connectivity index (χ2v) is 5.63. The molecule has 0 aliphatic heterocycles. The fraction of sp³-hybridized carbons (Fsp3) is 0.333. The Kier molecular flexibility index (Phi) is 4.43. The quantitative estimate of drug-likeness (QED) is 0.855. The third kappa shape index (κ3) is 3.70. The number of rotatable bonds is 4. The highest BCUT2D eigenvalue weighted by Crippen LogP contribution is 2.30. The van der Waals surface area contributed by atoms with E-state index in [4.69, 9.17) is 0 Å². The van der Waals surface area contributed by atoms with Gasteiger partial charge in [0.2, 0.25) is 5.95 Å². The third-order valence-electron chi connectivity index (χ3n) is 2.72. The maximum Gasteiger partial charge on any atom is 0.223 e. The molecule has 2 aromatic rings. The molecule has 0 atom stereocenters. The van der Waals surface area contributed by atoms with Crippen molar-refractivity contribution in [1.82, 2.24) is 9.97 Å². The number of anilines is 1. The number of hydrogen-bond donors (Lipinski definition) is 1. The largest absolute Gasteiger partial charge is 0.354 e. The van der Waals surface area contributed by atoms with Crippen LogP contribution in [0.15, 0.2) is 34.2 Å². The van der Waals surface area contributed by atoms with E-state index in [1.165, 1.54) is 16.0 Å². The minimum atomic E-state index is 0.704. The molecular weight excluding hydrogens is 254 g/mol. The highest BCUT2D eigenvalue weighted by molar-refractivity contribution is 7.99. The van der Waals surface area contributed by atoms with Crippen molar-refractivity contribution < 1.29 is 0 Å². The zero-order valence-corrected chi connectivity index (χ0v) is 12.6. The molecule has 3 nitrogen and oxygen atoms in total. The van der Waals surface area contributed by atoms with Gasteiger partial charge in [0.25, 0.3) is 0 Å². The molecule has 1 heterocycles. The molecule has 2 rings (SSSR count). The number of nitrogens with one attached hydrogen (secondary N) is 1. The molecule has 100 valence electrons. The van der Waals surface area contributed by atoms with Crippen LogP contribution in [0.4, 0.5) is 5.95 Å². The lowest BCUT2D eigenvalue weighted by atomic mass is 10.2. The van der Waals surface area contributed by atoms with Gasteiger partial charge in [-0.2, -0.15) is 0 Å². The van der Waals surface area contributed by atoms with Crippen molar-refractivity contribution in [1.29, 1.82) is 0 Å². The summed E-state index contributed by atoms with van der Waals surface area (Å²) in [5.74, 6) is 0.704. The fourth-order valence-corrected chi connectivity index (χ4v) is 2.82. The Morgan fingerprint density at radius 1 is 1.11 bits per heavy atom. The van der Waals surface area contributed by atoms with Gasteiger partial charge >= 0.3 is 0 Å². The molecule has 0 bridgehead atoms. The van der Waals surface area contributed by atoms with Crippen LogP contribution in [0.2, 0.25) is 0 Å². The first kappa shape index (κ1) is 13.9. The number of aryl methyl sites for hydroxylation is 3. The van der Waals surface area contributed by atoms with Crippen LogP contribution in [0.3, 0.4) is 0 Å². The van der Waals surface area contributed by atoms with Crippen LogP contribution < -0.4 is 5.32 Å². The van der Waals surface area contributed by atoms with Gasteiger partial charge in [0.15, 0.2) is 0 Å². The van der Waals surface area contributed by atoms with Crippen molar-refractivity contribution in [3.8, 4) is 0 Å². The van der Waals surface area contributed by atoms with E-state index in [1.807, 2.05) is 19.9 Å². The zero-order chi connectivity index (χ0) is 13.8. The maximum absolute atomic E-state index is 4.53. The van der Waals surface area contributed by atoms with Gasteiger partial charge in [0.05, 0.1) is 0 Å². The van der Waals surface area contributed by atoms with E-state index in [1.54, 1.807) is 11.8 Å². The second kappa shape index (κ2) is 6.06. The predicted octanol–water partition coefficient (Wildman–Crippen LogP) is 3.98. The summed E-state index contributed by atoms with van der Waals surface area (Å²) in [6.07, 6.45) is 0. The van der Waals surface area contributed by atoms with E-state index >= 15 is 0 Å². The average Bonchev–Trinajstić information content (AvgIpc) is 2.33. The van der Waals surface area contributed by atoms with Crippen molar-refractivity contribution in [2.24, 2.45) is 0 Å². The highest BCUT2D eigenvalue weighted by atomic mass is 32.2. The van der Waals surface area contributed by atoms with Crippen LogP contribution in [0.1, 0.15) is 23.7 Å². The summed E-state index contributed by atoms with van der Waals surface area (Å²) in [6, 6.07) is 8.50. The first-order valence-electron chi connectivity index (χ1n) is 6.43. The Morgan fingerprint density at radius 2 is 1.89 bits per heavy atom. The van der Waals surface area contributed by atoms with Gasteiger partial charge in [-0.25, -0.2) is 9.97 Å². The monoisotopic (exact) mass is 273 g/mol. The molecule has 0 radical (unpaired) electrons. The average molecular weight is 273 g/mol. The van der Waals surface area contributed by atoms with Crippen molar-refractivity contribution in [3.05, 3.63) is 41.1 Å². The summed E-state index contributed by atoms with van der Waals surface area (Å²) >= 11 is 1.69. The van der Waals surface area contributed by atoms with Crippen LogP contribution >= 0.6 is 11.8 Å². The van der Waals surface area contributed by atoms with Gasteiger partial charge in [-0.3, -0.25) is 0 Å².